The van der Waals surface area contributed by atoms with E-state index in [1.165, 1.54) is 11.1 Å². The van der Waals surface area contributed by atoms with Crippen LogP contribution in [0.25, 0.3) is 0 Å². The van der Waals surface area contributed by atoms with Crippen molar-refractivity contribution in [3.63, 3.8) is 0 Å². The smallest absolute Gasteiger partial charge is 0.359 e. The number of anilines is 2. The molecule has 3 aromatic carbocycles. The van der Waals surface area contributed by atoms with Crippen LogP contribution in [0.1, 0.15) is 96.1 Å². The topological polar surface area (TPSA) is 103 Å². The predicted molar refractivity (Wildman–Crippen MR) is 184 cm³/mol. The van der Waals surface area contributed by atoms with Gasteiger partial charge in [0.25, 0.3) is 0 Å². The van der Waals surface area contributed by atoms with Crippen LogP contribution in [0.4, 0.5) is 11.4 Å². The molecule has 8 heteroatoms. The van der Waals surface area contributed by atoms with Crippen molar-refractivity contribution in [1.29, 1.82) is 0 Å². The Balaban J connectivity index is 1.74. The van der Waals surface area contributed by atoms with E-state index in [1.54, 1.807) is 48.5 Å². The van der Waals surface area contributed by atoms with Gasteiger partial charge in [0.05, 0.1) is 6.10 Å². The normalized spacial score (nSPS) is 13.7. The van der Waals surface area contributed by atoms with Crippen molar-refractivity contribution in [2.75, 3.05) is 24.3 Å². The fraction of sp³-hybridized carbons (Fsp3) is 0.447. The van der Waals surface area contributed by atoms with Gasteiger partial charge in [-0.2, -0.15) is 0 Å². The second-order valence-electron chi connectivity index (χ2n) is 13.0. The molecule has 3 rings (SSSR count). The number of ether oxygens (including phenoxy) is 3. The molecule has 0 aliphatic heterocycles. The fourth-order valence-electron chi connectivity index (χ4n) is 4.99. The van der Waals surface area contributed by atoms with Crippen molar-refractivity contribution in [2.24, 2.45) is 0 Å². The number of carbonyl (C=O) groups excluding carboxylic acids is 3. The molecule has 2 N–H and O–H groups in total. The molecular formula is C38H50N2O6. The highest BCUT2D eigenvalue weighted by molar-refractivity contribution is 6.20. The number of ketones is 1. The summed E-state index contributed by atoms with van der Waals surface area (Å²) in [5.74, 6) is -4.16. The Morgan fingerprint density at radius 3 is 2.09 bits per heavy atom. The standard InChI is InChI=1S/C38H50N2O6/c1-10-36(5,6)29-20-21-33(32(25-29)37(7,8)11-2)45-26(3)22-23-39-31-19-15-16-28(24-31)34(42)38(44-9,46-27(4)41)35(43)40-30-17-13-12-14-18-30/h12-21,24-26,39H,10-11,22-23H2,1-9H3,(H,40,43). The lowest BCUT2D eigenvalue weighted by Gasteiger charge is -2.31. The molecule has 0 saturated heterocycles. The van der Waals surface area contributed by atoms with E-state index < -0.39 is 23.4 Å². The lowest BCUT2D eigenvalue weighted by atomic mass is 9.76. The Morgan fingerprint density at radius 1 is 0.826 bits per heavy atom. The first-order valence-electron chi connectivity index (χ1n) is 16.0. The summed E-state index contributed by atoms with van der Waals surface area (Å²) in [6, 6.07) is 21.8. The molecule has 0 heterocycles. The molecule has 0 bridgehead atoms. The lowest BCUT2D eigenvalue weighted by molar-refractivity contribution is -0.198. The van der Waals surface area contributed by atoms with Crippen molar-refractivity contribution >= 4 is 29.0 Å². The molecule has 2 atom stereocenters. The minimum absolute atomic E-state index is 0.0400. The van der Waals surface area contributed by atoms with E-state index in [0.717, 1.165) is 32.6 Å². The van der Waals surface area contributed by atoms with Crippen molar-refractivity contribution in [3.05, 3.63) is 89.5 Å². The van der Waals surface area contributed by atoms with E-state index in [-0.39, 0.29) is 22.5 Å². The molecule has 0 fully saturated rings. The third-order valence-corrected chi connectivity index (χ3v) is 8.80. The summed E-state index contributed by atoms with van der Waals surface area (Å²) >= 11 is 0. The van der Waals surface area contributed by atoms with Crippen molar-refractivity contribution in [2.45, 2.75) is 97.4 Å². The van der Waals surface area contributed by atoms with Crippen molar-refractivity contribution < 1.29 is 28.6 Å². The summed E-state index contributed by atoms with van der Waals surface area (Å²) in [5.41, 5.74) is 3.79. The van der Waals surface area contributed by atoms with E-state index in [1.807, 2.05) is 13.0 Å². The Labute approximate surface area is 274 Å². The third kappa shape index (κ3) is 8.75. The van der Waals surface area contributed by atoms with Crippen molar-refractivity contribution in [3.8, 4) is 5.75 Å². The highest BCUT2D eigenvalue weighted by atomic mass is 16.7. The van der Waals surface area contributed by atoms with Gasteiger partial charge >= 0.3 is 17.7 Å². The van der Waals surface area contributed by atoms with Crippen LogP contribution >= 0.6 is 0 Å². The van der Waals surface area contributed by atoms with Crippen LogP contribution in [-0.2, 0) is 29.9 Å². The average Bonchev–Trinajstić information content (AvgIpc) is 3.03. The lowest BCUT2D eigenvalue weighted by Crippen LogP contribution is -2.54. The van der Waals surface area contributed by atoms with E-state index in [9.17, 15) is 14.4 Å². The van der Waals surface area contributed by atoms with Crippen LogP contribution in [0.2, 0.25) is 0 Å². The van der Waals surface area contributed by atoms with Gasteiger partial charge in [0, 0.05) is 49.5 Å². The van der Waals surface area contributed by atoms with Crippen LogP contribution in [0.15, 0.2) is 72.8 Å². The molecule has 0 saturated carbocycles. The van der Waals surface area contributed by atoms with Gasteiger partial charge in [0.2, 0.25) is 5.78 Å². The zero-order valence-corrected chi connectivity index (χ0v) is 28.8. The quantitative estimate of drug-likeness (QED) is 0.0714. The van der Waals surface area contributed by atoms with Gasteiger partial charge in [-0.1, -0.05) is 84.0 Å². The van der Waals surface area contributed by atoms with Gasteiger partial charge in [-0.15, -0.1) is 0 Å². The van der Waals surface area contributed by atoms with Gasteiger partial charge in [0.1, 0.15) is 5.75 Å². The zero-order valence-electron chi connectivity index (χ0n) is 28.8. The first-order valence-corrected chi connectivity index (χ1v) is 16.0. The van der Waals surface area contributed by atoms with Gasteiger partial charge in [-0.05, 0) is 66.5 Å². The Morgan fingerprint density at radius 2 is 1.48 bits per heavy atom. The largest absolute Gasteiger partial charge is 0.490 e. The molecule has 0 aliphatic rings. The molecule has 2 unspecified atom stereocenters. The number of Topliss-reactive ketones (excluding diaryl/α,β-unsaturated/α-hetero) is 1. The highest BCUT2D eigenvalue weighted by Crippen LogP contribution is 2.39. The second-order valence-corrected chi connectivity index (χ2v) is 13.0. The number of carbonyl (C=O) groups is 3. The van der Waals surface area contributed by atoms with Crippen LogP contribution < -0.4 is 15.4 Å². The number of para-hydroxylation sites is 1. The van der Waals surface area contributed by atoms with E-state index >= 15 is 0 Å². The number of methoxy groups -OCH3 is 1. The Kier molecular flexibility index (Phi) is 12.2. The molecule has 248 valence electrons. The van der Waals surface area contributed by atoms with E-state index in [4.69, 9.17) is 14.2 Å². The molecule has 0 aromatic heterocycles. The van der Waals surface area contributed by atoms with Crippen LogP contribution in [0.5, 0.6) is 5.75 Å². The first-order chi connectivity index (χ1) is 21.7. The monoisotopic (exact) mass is 630 g/mol. The van der Waals surface area contributed by atoms with E-state index in [2.05, 4.69) is 70.4 Å². The molecule has 1 amide bonds. The maximum absolute atomic E-state index is 13.7. The van der Waals surface area contributed by atoms with Crippen molar-refractivity contribution in [1.82, 2.24) is 0 Å². The third-order valence-electron chi connectivity index (χ3n) is 8.80. The molecule has 8 nitrogen and oxygen atoms in total. The summed E-state index contributed by atoms with van der Waals surface area (Å²) in [5, 5.41) is 5.96. The first kappa shape index (κ1) is 36.3. The molecule has 0 radical (unpaired) electrons. The maximum Gasteiger partial charge on any atom is 0.359 e. The molecule has 3 aromatic rings. The highest BCUT2D eigenvalue weighted by Gasteiger charge is 2.51. The Hall–Kier alpha value is -4.17. The van der Waals surface area contributed by atoms with Gasteiger partial charge in [-0.3, -0.25) is 14.4 Å². The van der Waals surface area contributed by atoms with Crippen LogP contribution in [-0.4, -0.2) is 43.2 Å². The second kappa shape index (κ2) is 15.4. The summed E-state index contributed by atoms with van der Waals surface area (Å²) in [6.45, 7) is 17.2. The number of hydrogen-bond acceptors (Lipinski definition) is 7. The summed E-state index contributed by atoms with van der Waals surface area (Å²) < 4.78 is 17.1. The minimum Gasteiger partial charge on any atom is -0.490 e. The van der Waals surface area contributed by atoms with Gasteiger partial charge < -0.3 is 24.8 Å². The number of amides is 1. The fourth-order valence-corrected chi connectivity index (χ4v) is 4.99. The zero-order chi connectivity index (χ0) is 34.1. The molecular weight excluding hydrogens is 580 g/mol. The Bertz CT molecular complexity index is 1500. The average molecular weight is 631 g/mol. The maximum atomic E-state index is 13.7. The van der Waals surface area contributed by atoms with E-state index in [0.29, 0.717) is 24.3 Å². The summed E-state index contributed by atoms with van der Waals surface area (Å²) in [4.78, 5) is 39.1. The SMILES string of the molecule is CCC(C)(C)c1ccc(OC(C)CCNc2cccc(C(=O)C(OC)(OC(C)=O)C(=O)Nc3ccccc3)c2)c(C(C)(C)CC)c1. The number of benzene rings is 3. The molecule has 46 heavy (non-hydrogen) atoms. The van der Waals surface area contributed by atoms with Gasteiger partial charge in [0.15, 0.2) is 0 Å². The van der Waals surface area contributed by atoms with Crippen LogP contribution in [0.3, 0.4) is 0 Å². The van der Waals surface area contributed by atoms with Crippen LogP contribution in [0, 0.1) is 0 Å². The number of nitrogens with one attached hydrogen (secondary N) is 2. The number of hydrogen-bond donors (Lipinski definition) is 2. The number of esters is 1. The summed E-state index contributed by atoms with van der Waals surface area (Å²) in [7, 11) is 1.15. The number of rotatable bonds is 16. The molecule has 0 aliphatic carbocycles. The summed E-state index contributed by atoms with van der Waals surface area (Å²) in [6.07, 6.45) is 2.65. The molecule has 0 spiro atoms. The van der Waals surface area contributed by atoms with Gasteiger partial charge in [-0.25, -0.2) is 0 Å². The predicted octanol–water partition coefficient (Wildman–Crippen LogP) is 8.06. The minimum atomic E-state index is -2.51.